The van der Waals surface area contributed by atoms with E-state index in [2.05, 4.69) is 193 Å². The molecule has 9 rings (SSSR count). The maximum absolute atomic E-state index is 2.38. The molecular weight excluding hydrogens is 599 g/mol. The summed E-state index contributed by atoms with van der Waals surface area (Å²) in [6.45, 7) is 0. The van der Waals surface area contributed by atoms with Crippen LogP contribution in [0.5, 0.6) is 0 Å². The first kappa shape index (κ1) is 28.3. The monoisotopic (exact) mass is 629 g/mol. The van der Waals surface area contributed by atoms with Crippen LogP contribution in [-0.4, -0.2) is 0 Å². The average molecular weight is 630 g/mol. The number of hydrogen-bond acceptors (Lipinski definition) is 2. The third-order valence-corrected chi connectivity index (χ3v) is 10.5. The molecule has 0 aliphatic carbocycles. The molecule has 9 aromatic rings. The van der Waals surface area contributed by atoms with Crippen LogP contribution in [0.1, 0.15) is 0 Å². The van der Waals surface area contributed by atoms with Crippen LogP contribution < -0.4 is 4.90 Å². The summed E-state index contributed by atoms with van der Waals surface area (Å²) < 4.78 is 2.69. The fourth-order valence-electron chi connectivity index (χ4n) is 6.88. The first-order valence-corrected chi connectivity index (χ1v) is 17.2. The minimum absolute atomic E-state index is 1.11. The summed E-state index contributed by atoms with van der Waals surface area (Å²) in [6.07, 6.45) is 0. The molecule has 226 valence electrons. The number of para-hydroxylation sites is 1. The molecule has 1 aromatic heterocycles. The molecule has 0 saturated heterocycles. The van der Waals surface area contributed by atoms with Gasteiger partial charge in [-0.3, -0.25) is 0 Å². The zero-order valence-electron chi connectivity index (χ0n) is 26.3. The van der Waals surface area contributed by atoms with E-state index in [1.807, 2.05) is 11.3 Å². The molecule has 0 atom stereocenters. The van der Waals surface area contributed by atoms with Crippen LogP contribution >= 0.6 is 11.3 Å². The van der Waals surface area contributed by atoms with Gasteiger partial charge in [0.05, 0.1) is 5.69 Å². The van der Waals surface area contributed by atoms with Crippen molar-refractivity contribution in [3.63, 3.8) is 0 Å². The molecule has 0 aliphatic heterocycles. The van der Waals surface area contributed by atoms with Crippen molar-refractivity contribution in [3.8, 4) is 33.4 Å². The van der Waals surface area contributed by atoms with Gasteiger partial charge in [-0.25, -0.2) is 0 Å². The number of fused-ring (bicyclic) bond motifs is 5. The molecule has 1 nitrogen and oxygen atoms in total. The Kier molecular flexibility index (Phi) is 7.07. The largest absolute Gasteiger partial charge is 0.310 e. The Hall–Kier alpha value is -5.96. The number of hydrogen-bond donors (Lipinski definition) is 0. The van der Waals surface area contributed by atoms with Gasteiger partial charge in [-0.15, -0.1) is 11.3 Å². The lowest BCUT2D eigenvalue weighted by Crippen LogP contribution is -2.11. The summed E-state index contributed by atoms with van der Waals surface area (Å²) in [5.41, 5.74) is 10.6. The molecule has 0 spiro atoms. The Labute approximate surface area is 284 Å². The topological polar surface area (TPSA) is 3.24 Å². The second kappa shape index (κ2) is 12.0. The van der Waals surface area contributed by atoms with Gasteiger partial charge < -0.3 is 4.90 Å². The predicted molar refractivity (Wildman–Crippen MR) is 208 cm³/mol. The molecule has 1 heterocycles. The second-order valence-electron chi connectivity index (χ2n) is 12.2. The molecular formula is C46H31NS. The minimum Gasteiger partial charge on any atom is -0.310 e. The van der Waals surface area contributed by atoms with Crippen molar-refractivity contribution in [3.05, 3.63) is 188 Å². The van der Waals surface area contributed by atoms with Crippen LogP contribution in [-0.2, 0) is 0 Å². The van der Waals surface area contributed by atoms with Gasteiger partial charge >= 0.3 is 0 Å². The van der Waals surface area contributed by atoms with Gasteiger partial charge in [-0.05, 0) is 87.1 Å². The van der Waals surface area contributed by atoms with Crippen molar-refractivity contribution in [1.29, 1.82) is 0 Å². The molecule has 0 bridgehead atoms. The van der Waals surface area contributed by atoms with E-state index < -0.39 is 0 Å². The summed E-state index contributed by atoms with van der Waals surface area (Å²) in [7, 11) is 0. The van der Waals surface area contributed by atoms with E-state index >= 15 is 0 Å². The van der Waals surface area contributed by atoms with Gasteiger partial charge in [0.25, 0.3) is 0 Å². The molecule has 0 N–H and O–H groups in total. The van der Waals surface area contributed by atoms with E-state index in [-0.39, 0.29) is 0 Å². The SMILES string of the molecule is c1ccc(-c2ccc(N(c3ccccc3)c3ccc(-c4ccc5sc6c7ccccc7ccc6c5c4)cc3)c(-c3ccccc3)c2)cc1. The molecule has 0 unspecified atom stereocenters. The van der Waals surface area contributed by atoms with E-state index in [9.17, 15) is 0 Å². The summed E-state index contributed by atoms with van der Waals surface area (Å²) in [4.78, 5) is 2.38. The maximum Gasteiger partial charge on any atom is 0.0540 e. The quantitative estimate of drug-likeness (QED) is 0.177. The molecule has 8 aromatic carbocycles. The van der Waals surface area contributed by atoms with Crippen LogP contribution in [0.3, 0.4) is 0 Å². The Balaban J connectivity index is 1.15. The summed E-state index contributed by atoms with van der Waals surface area (Å²) in [5, 5.41) is 5.27. The number of nitrogens with zero attached hydrogens (tertiary/aromatic N) is 1. The number of benzene rings is 8. The summed E-state index contributed by atoms with van der Waals surface area (Å²) in [6, 6.07) is 68.0. The predicted octanol–water partition coefficient (Wildman–Crippen LogP) is 13.7. The van der Waals surface area contributed by atoms with E-state index in [4.69, 9.17) is 0 Å². The third-order valence-electron chi connectivity index (χ3n) is 9.26. The molecule has 0 fully saturated rings. The van der Waals surface area contributed by atoms with Crippen molar-refractivity contribution in [2.75, 3.05) is 4.90 Å². The number of thiophene rings is 1. The smallest absolute Gasteiger partial charge is 0.0540 e. The highest BCUT2D eigenvalue weighted by Crippen LogP contribution is 2.44. The van der Waals surface area contributed by atoms with E-state index in [0.29, 0.717) is 0 Å². The van der Waals surface area contributed by atoms with Gasteiger partial charge in [-0.1, -0.05) is 140 Å². The second-order valence-corrected chi connectivity index (χ2v) is 13.2. The van der Waals surface area contributed by atoms with E-state index in [1.54, 1.807) is 0 Å². The fourth-order valence-corrected chi connectivity index (χ4v) is 8.10. The highest BCUT2D eigenvalue weighted by atomic mass is 32.1. The highest BCUT2D eigenvalue weighted by Gasteiger charge is 2.18. The van der Waals surface area contributed by atoms with Crippen molar-refractivity contribution >= 4 is 59.3 Å². The minimum atomic E-state index is 1.11. The normalized spacial score (nSPS) is 11.3. The Morgan fingerprint density at radius 2 is 0.938 bits per heavy atom. The van der Waals surface area contributed by atoms with Crippen LogP contribution in [0.2, 0.25) is 0 Å². The lowest BCUT2D eigenvalue weighted by molar-refractivity contribution is 1.28. The maximum atomic E-state index is 2.38. The van der Waals surface area contributed by atoms with Crippen molar-refractivity contribution in [2.24, 2.45) is 0 Å². The first-order valence-electron chi connectivity index (χ1n) is 16.3. The number of anilines is 3. The van der Waals surface area contributed by atoms with Crippen LogP contribution in [0, 0.1) is 0 Å². The summed E-state index contributed by atoms with van der Waals surface area (Å²) in [5.74, 6) is 0. The molecule has 0 aliphatic rings. The van der Waals surface area contributed by atoms with Gasteiger partial charge in [-0.2, -0.15) is 0 Å². The Morgan fingerprint density at radius 1 is 0.354 bits per heavy atom. The lowest BCUT2D eigenvalue weighted by Gasteiger charge is -2.28. The highest BCUT2D eigenvalue weighted by molar-refractivity contribution is 7.26. The van der Waals surface area contributed by atoms with Gasteiger partial charge in [0, 0.05) is 37.1 Å². The van der Waals surface area contributed by atoms with E-state index in [1.165, 1.54) is 64.3 Å². The fraction of sp³-hybridized carbons (Fsp3) is 0. The van der Waals surface area contributed by atoms with Crippen molar-refractivity contribution < 1.29 is 0 Å². The van der Waals surface area contributed by atoms with E-state index in [0.717, 1.165) is 17.1 Å². The first-order chi connectivity index (χ1) is 23.8. The van der Waals surface area contributed by atoms with Crippen LogP contribution in [0.15, 0.2) is 188 Å². The molecule has 0 radical (unpaired) electrons. The Bertz CT molecular complexity index is 2530. The van der Waals surface area contributed by atoms with Gasteiger partial charge in [0.1, 0.15) is 0 Å². The molecule has 0 amide bonds. The Morgan fingerprint density at radius 3 is 1.71 bits per heavy atom. The zero-order valence-corrected chi connectivity index (χ0v) is 27.1. The number of rotatable bonds is 6. The average Bonchev–Trinajstić information content (AvgIpc) is 3.55. The zero-order chi connectivity index (χ0) is 31.9. The summed E-state index contributed by atoms with van der Waals surface area (Å²) >= 11 is 1.89. The van der Waals surface area contributed by atoms with Gasteiger partial charge in [0.2, 0.25) is 0 Å². The lowest BCUT2D eigenvalue weighted by atomic mass is 9.96. The van der Waals surface area contributed by atoms with Crippen molar-refractivity contribution in [2.45, 2.75) is 0 Å². The van der Waals surface area contributed by atoms with Crippen molar-refractivity contribution in [1.82, 2.24) is 0 Å². The van der Waals surface area contributed by atoms with Crippen LogP contribution in [0.25, 0.3) is 64.3 Å². The van der Waals surface area contributed by atoms with Gasteiger partial charge in [0.15, 0.2) is 0 Å². The third kappa shape index (κ3) is 5.04. The molecule has 0 saturated carbocycles. The molecule has 48 heavy (non-hydrogen) atoms. The molecule has 2 heteroatoms. The van der Waals surface area contributed by atoms with Crippen LogP contribution in [0.4, 0.5) is 17.1 Å². The standard InChI is InChI=1S/C46H31NS/c1-4-12-32(13-5-1)36-23-28-44(42(30-36)34-14-6-2-7-15-34)47(38-17-8-3-9-18-38)39-25-20-33(21-26-39)37-24-29-45-43(31-37)41-27-22-35-16-10-11-19-40(35)46(41)48-45/h1-31H.